The van der Waals surface area contributed by atoms with E-state index in [0.717, 1.165) is 39.0 Å². The number of hydrogen-bond acceptors (Lipinski definition) is 3. The molecule has 0 atom stereocenters. The van der Waals surface area contributed by atoms with Gasteiger partial charge in [0, 0.05) is 32.1 Å². The molecule has 0 radical (unpaired) electrons. The molecule has 2 N–H and O–H groups in total. The van der Waals surface area contributed by atoms with Gasteiger partial charge < -0.3 is 10.6 Å². The molecule has 1 saturated heterocycles. The maximum Gasteiger partial charge on any atom is 0.224 e. The molecule has 0 aromatic carbocycles. The third-order valence-electron chi connectivity index (χ3n) is 3.04. The number of nitrogens with one attached hydrogen (secondary N) is 2. The fourth-order valence-corrected chi connectivity index (χ4v) is 1.86. The lowest BCUT2D eigenvalue weighted by atomic mass is 10.0. The SMILES string of the molecule is CCC(CC)C(=O)NCN1CCNCC1. The smallest absolute Gasteiger partial charge is 0.224 e. The first kappa shape index (κ1) is 12.5. The van der Waals surface area contributed by atoms with Crippen LogP contribution in [0.4, 0.5) is 0 Å². The molecule has 0 aromatic heterocycles. The fraction of sp³-hybridized carbons (Fsp3) is 0.909. The van der Waals surface area contributed by atoms with Crippen molar-refractivity contribution < 1.29 is 4.79 Å². The first-order chi connectivity index (χ1) is 7.27. The predicted molar refractivity (Wildman–Crippen MR) is 61.5 cm³/mol. The van der Waals surface area contributed by atoms with Crippen molar-refractivity contribution in [3.05, 3.63) is 0 Å². The van der Waals surface area contributed by atoms with E-state index in [4.69, 9.17) is 0 Å². The van der Waals surface area contributed by atoms with E-state index in [9.17, 15) is 4.79 Å². The summed E-state index contributed by atoms with van der Waals surface area (Å²) in [5, 5.41) is 6.31. The highest BCUT2D eigenvalue weighted by molar-refractivity contribution is 5.78. The molecular weight excluding hydrogens is 190 g/mol. The average Bonchev–Trinajstić information content (AvgIpc) is 2.29. The van der Waals surface area contributed by atoms with E-state index in [0.29, 0.717) is 6.67 Å². The Morgan fingerprint density at radius 2 is 1.93 bits per heavy atom. The predicted octanol–water partition coefficient (Wildman–Crippen LogP) is 0.402. The molecule has 0 saturated carbocycles. The number of piperazine rings is 1. The van der Waals surface area contributed by atoms with Crippen molar-refractivity contribution in [2.45, 2.75) is 26.7 Å². The van der Waals surface area contributed by atoms with E-state index in [-0.39, 0.29) is 11.8 Å². The van der Waals surface area contributed by atoms with Gasteiger partial charge in [0.25, 0.3) is 0 Å². The normalized spacial score (nSPS) is 18.1. The molecule has 15 heavy (non-hydrogen) atoms. The second kappa shape index (κ2) is 6.80. The van der Waals surface area contributed by atoms with Gasteiger partial charge in [0.1, 0.15) is 0 Å². The van der Waals surface area contributed by atoms with Crippen molar-refractivity contribution in [1.82, 2.24) is 15.5 Å². The summed E-state index contributed by atoms with van der Waals surface area (Å²) in [5.74, 6) is 0.395. The number of amides is 1. The Morgan fingerprint density at radius 3 is 2.47 bits per heavy atom. The van der Waals surface area contributed by atoms with Crippen LogP contribution < -0.4 is 10.6 Å². The van der Waals surface area contributed by atoms with Gasteiger partial charge in [0.2, 0.25) is 5.91 Å². The maximum absolute atomic E-state index is 11.7. The second-order valence-corrected chi connectivity index (χ2v) is 4.08. The monoisotopic (exact) mass is 213 g/mol. The Kier molecular flexibility index (Phi) is 5.65. The maximum atomic E-state index is 11.7. The van der Waals surface area contributed by atoms with Crippen LogP contribution >= 0.6 is 0 Å². The van der Waals surface area contributed by atoms with E-state index in [1.54, 1.807) is 0 Å². The molecule has 88 valence electrons. The molecule has 1 fully saturated rings. The third-order valence-corrected chi connectivity index (χ3v) is 3.04. The number of carbonyl (C=O) groups excluding carboxylic acids is 1. The number of carbonyl (C=O) groups is 1. The van der Waals surface area contributed by atoms with Gasteiger partial charge in [0.15, 0.2) is 0 Å². The van der Waals surface area contributed by atoms with Gasteiger partial charge in [-0.3, -0.25) is 9.69 Å². The Bertz CT molecular complexity index is 186. The molecule has 1 amide bonds. The minimum Gasteiger partial charge on any atom is -0.343 e. The summed E-state index contributed by atoms with van der Waals surface area (Å²) in [5.41, 5.74) is 0. The van der Waals surface area contributed by atoms with Crippen LogP contribution in [0.1, 0.15) is 26.7 Å². The first-order valence-corrected chi connectivity index (χ1v) is 5.98. The second-order valence-electron chi connectivity index (χ2n) is 4.08. The summed E-state index contributed by atoms with van der Waals surface area (Å²) in [6.07, 6.45) is 1.87. The Hall–Kier alpha value is -0.610. The largest absolute Gasteiger partial charge is 0.343 e. The summed E-state index contributed by atoms with van der Waals surface area (Å²) in [4.78, 5) is 14.0. The van der Waals surface area contributed by atoms with Gasteiger partial charge in [-0.05, 0) is 12.8 Å². The van der Waals surface area contributed by atoms with Crippen LogP contribution in [0.15, 0.2) is 0 Å². The van der Waals surface area contributed by atoms with Crippen molar-refractivity contribution in [2.24, 2.45) is 5.92 Å². The zero-order valence-electron chi connectivity index (χ0n) is 9.88. The van der Waals surface area contributed by atoms with Crippen molar-refractivity contribution in [1.29, 1.82) is 0 Å². The van der Waals surface area contributed by atoms with Crippen molar-refractivity contribution >= 4 is 5.91 Å². The lowest BCUT2D eigenvalue weighted by Crippen LogP contribution is -2.48. The number of nitrogens with zero attached hydrogens (tertiary/aromatic N) is 1. The van der Waals surface area contributed by atoms with Gasteiger partial charge in [0.05, 0.1) is 6.67 Å². The van der Waals surface area contributed by atoms with Crippen molar-refractivity contribution in [2.75, 3.05) is 32.8 Å². The zero-order chi connectivity index (χ0) is 11.1. The van der Waals surface area contributed by atoms with Crippen LogP contribution in [0, 0.1) is 5.92 Å². The van der Waals surface area contributed by atoms with Gasteiger partial charge >= 0.3 is 0 Å². The molecule has 0 spiro atoms. The summed E-state index contributed by atoms with van der Waals surface area (Å²) >= 11 is 0. The zero-order valence-corrected chi connectivity index (χ0v) is 9.88. The van der Waals surface area contributed by atoms with Crippen LogP contribution in [0.2, 0.25) is 0 Å². The first-order valence-electron chi connectivity index (χ1n) is 5.98. The molecule has 4 heteroatoms. The Balaban J connectivity index is 2.20. The topological polar surface area (TPSA) is 44.4 Å². The van der Waals surface area contributed by atoms with E-state index in [2.05, 4.69) is 29.4 Å². The highest BCUT2D eigenvalue weighted by Crippen LogP contribution is 2.06. The standard InChI is InChI=1S/C11H23N3O/c1-3-10(4-2)11(15)13-9-14-7-5-12-6-8-14/h10,12H,3-9H2,1-2H3,(H,13,15). The number of hydrogen-bond donors (Lipinski definition) is 2. The third kappa shape index (κ3) is 4.18. The summed E-state index contributed by atoms with van der Waals surface area (Å²) in [6.45, 7) is 8.96. The summed E-state index contributed by atoms with van der Waals surface area (Å²) < 4.78 is 0. The average molecular weight is 213 g/mol. The van der Waals surface area contributed by atoms with Crippen molar-refractivity contribution in [3.8, 4) is 0 Å². The van der Waals surface area contributed by atoms with E-state index in [1.807, 2.05) is 0 Å². The molecule has 0 aliphatic carbocycles. The minimum atomic E-state index is 0.188. The lowest BCUT2D eigenvalue weighted by molar-refractivity contribution is -0.125. The van der Waals surface area contributed by atoms with Crippen LogP contribution in [-0.4, -0.2) is 43.7 Å². The highest BCUT2D eigenvalue weighted by atomic mass is 16.2. The summed E-state index contributed by atoms with van der Waals surface area (Å²) in [7, 11) is 0. The molecule has 0 bridgehead atoms. The van der Waals surface area contributed by atoms with Crippen LogP contribution in [0.3, 0.4) is 0 Å². The summed E-state index contributed by atoms with van der Waals surface area (Å²) in [6, 6.07) is 0. The van der Waals surface area contributed by atoms with E-state index >= 15 is 0 Å². The van der Waals surface area contributed by atoms with Gasteiger partial charge in [-0.15, -0.1) is 0 Å². The van der Waals surface area contributed by atoms with Gasteiger partial charge in [-0.25, -0.2) is 0 Å². The molecule has 1 rings (SSSR count). The van der Waals surface area contributed by atoms with Crippen LogP contribution in [0.25, 0.3) is 0 Å². The minimum absolute atomic E-state index is 0.188. The fourth-order valence-electron chi connectivity index (χ4n) is 1.86. The van der Waals surface area contributed by atoms with E-state index in [1.165, 1.54) is 0 Å². The quantitative estimate of drug-likeness (QED) is 0.695. The van der Waals surface area contributed by atoms with Crippen LogP contribution in [-0.2, 0) is 4.79 Å². The Labute approximate surface area is 92.4 Å². The lowest BCUT2D eigenvalue weighted by Gasteiger charge is -2.27. The van der Waals surface area contributed by atoms with Gasteiger partial charge in [-0.1, -0.05) is 13.8 Å². The molecule has 0 aromatic rings. The number of rotatable bonds is 5. The molecule has 1 aliphatic rings. The Morgan fingerprint density at radius 1 is 1.33 bits per heavy atom. The van der Waals surface area contributed by atoms with Crippen LogP contribution in [0.5, 0.6) is 0 Å². The highest BCUT2D eigenvalue weighted by Gasteiger charge is 2.15. The van der Waals surface area contributed by atoms with Crippen molar-refractivity contribution in [3.63, 3.8) is 0 Å². The molecule has 4 nitrogen and oxygen atoms in total. The molecule has 1 aliphatic heterocycles. The molecule has 0 unspecified atom stereocenters. The van der Waals surface area contributed by atoms with Gasteiger partial charge in [-0.2, -0.15) is 0 Å². The molecule has 1 heterocycles. The molecular formula is C11H23N3O. The van der Waals surface area contributed by atoms with E-state index < -0.39 is 0 Å².